The van der Waals surface area contributed by atoms with Crippen LogP contribution in [0, 0.1) is 0 Å². The third-order valence-corrected chi connectivity index (χ3v) is 4.46. The number of unbranched alkanes of at least 4 members (excludes halogenated alkanes) is 1. The lowest BCUT2D eigenvalue weighted by atomic mass is 10.2. The van der Waals surface area contributed by atoms with E-state index in [2.05, 4.69) is 12.2 Å². The van der Waals surface area contributed by atoms with Crippen LogP contribution in [-0.4, -0.2) is 33.4 Å². The molecule has 0 aliphatic carbocycles. The zero-order valence-electron chi connectivity index (χ0n) is 11.1. The maximum atomic E-state index is 12.0. The second kappa shape index (κ2) is 6.06. The van der Waals surface area contributed by atoms with Gasteiger partial charge in [-0.25, -0.2) is 12.7 Å². The summed E-state index contributed by atoms with van der Waals surface area (Å²) < 4.78 is 25.2. The van der Waals surface area contributed by atoms with Crippen molar-refractivity contribution in [1.29, 1.82) is 0 Å². The Hall–Kier alpha value is -1.27. The van der Waals surface area contributed by atoms with Crippen molar-refractivity contribution in [3.05, 3.63) is 18.2 Å². The molecule has 0 aromatic heterocycles. The molecule has 0 saturated heterocycles. The fourth-order valence-electron chi connectivity index (χ4n) is 1.46. The number of hydrogen-bond acceptors (Lipinski definition) is 4. The first kappa shape index (κ1) is 14.8. The van der Waals surface area contributed by atoms with E-state index in [-0.39, 0.29) is 4.90 Å². The number of nitrogens with zero attached hydrogens (tertiary/aromatic N) is 1. The minimum Gasteiger partial charge on any atom is -0.397 e. The van der Waals surface area contributed by atoms with Gasteiger partial charge in [0.2, 0.25) is 10.0 Å². The molecule has 0 aliphatic rings. The number of nitrogens with one attached hydrogen (secondary N) is 1. The first-order chi connectivity index (χ1) is 8.39. The van der Waals surface area contributed by atoms with E-state index in [1.807, 2.05) is 0 Å². The molecule has 5 nitrogen and oxygen atoms in total. The van der Waals surface area contributed by atoms with Crippen molar-refractivity contribution >= 4 is 21.4 Å². The lowest BCUT2D eigenvalue weighted by molar-refractivity contribution is 0.521. The van der Waals surface area contributed by atoms with E-state index in [1.165, 1.54) is 24.5 Å². The molecule has 1 aromatic rings. The maximum absolute atomic E-state index is 12.0. The molecule has 0 amide bonds. The second-order valence-corrected chi connectivity index (χ2v) is 6.47. The lowest BCUT2D eigenvalue weighted by Crippen LogP contribution is -2.22. The van der Waals surface area contributed by atoms with Crippen molar-refractivity contribution < 1.29 is 8.42 Å². The number of anilines is 2. The van der Waals surface area contributed by atoms with Crippen LogP contribution in [0.5, 0.6) is 0 Å². The third kappa shape index (κ3) is 3.36. The van der Waals surface area contributed by atoms with Crippen molar-refractivity contribution in [2.24, 2.45) is 0 Å². The van der Waals surface area contributed by atoms with Crippen molar-refractivity contribution in [2.45, 2.75) is 24.7 Å². The van der Waals surface area contributed by atoms with Gasteiger partial charge in [0.05, 0.1) is 16.3 Å². The quantitative estimate of drug-likeness (QED) is 0.610. The zero-order valence-corrected chi connectivity index (χ0v) is 11.9. The predicted molar refractivity (Wildman–Crippen MR) is 75.1 cm³/mol. The normalized spacial score (nSPS) is 11.8. The van der Waals surface area contributed by atoms with E-state index >= 15 is 0 Å². The van der Waals surface area contributed by atoms with Gasteiger partial charge in [0, 0.05) is 20.6 Å². The van der Waals surface area contributed by atoms with Gasteiger partial charge in [-0.15, -0.1) is 0 Å². The molecule has 102 valence electrons. The van der Waals surface area contributed by atoms with E-state index in [1.54, 1.807) is 12.1 Å². The number of nitrogen functional groups attached to an aromatic ring is 1. The smallest absolute Gasteiger partial charge is 0.242 e. The first-order valence-electron chi connectivity index (χ1n) is 5.95. The monoisotopic (exact) mass is 271 g/mol. The van der Waals surface area contributed by atoms with E-state index in [0.717, 1.165) is 19.4 Å². The van der Waals surface area contributed by atoms with Crippen molar-refractivity contribution in [3.63, 3.8) is 0 Å². The highest BCUT2D eigenvalue weighted by atomic mass is 32.2. The van der Waals surface area contributed by atoms with Crippen LogP contribution in [0.1, 0.15) is 19.8 Å². The SMILES string of the molecule is CCCCNc1cc(S(=O)(=O)N(C)C)ccc1N. The molecule has 3 N–H and O–H groups in total. The molecular weight excluding hydrogens is 250 g/mol. The summed E-state index contributed by atoms with van der Waals surface area (Å²) in [6, 6.07) is 4.72. The Balaban J connectivity index is 3.01. The van der Waals surface area contributed by atoms with Crippen LogP contribution < -0.4 is 11.1 Å². The molecule has 0 unspecified atom stereocenters. The van der Waals surface area contributed by atoms with Crippen LogP contribution in [0.25, 0.3) is 0 Å². The molecule has 1 rings (SSSR count). The summed E-state index contributed by atoms with van der Waals surface area (Å²) in [6.07, 6.45) is 2.09. The summed E-state index contributed by atoms with van der Waals surface area (Å²) in [5, 5.41) is 3.16. The number of hydrogen-bond donors (Lipinski definition) is 2. The highest BCUT2D eigenvalue weighted by molar-refractivity contribution is 7.89. The van der Waals surface area contributed by atoms with Gasteiger partial charge < -0.3 is 11.1 Å². The van der Waals surface area contributed by atoms with Crippen LogP contribution in [0.4, 0.5) is 11.4 Å². The van der Waals surface area contributed by atoms with Gasteiger partial charge in [0.1, 0.15) is 0 Å². The van der Waals surface area contributed by atoms with Gasteiger partial charge in [0.15, 0.2) is 0 Å². The molecule has 18 heavy (non-hydrogen) atoms. The van der Waals surface area contributed by atoms with Crippen molar-refractivity contribution in [2.75, 3.05) is 31.7 Å². The molecular formula is C12H21N3O2S. The van der Waals surface area contributed by atoms with Crippen LogP contribution in [0.3, 0.4) is 0 Å². The number of nitrogens with two attached hydrogens (primary N) is 1. The van der Waals surface area contributed by atoms with Crippen LogP contribution in [0.15, 0.2) is 23.1 Å². The average molecular weight is 271 g/mol. The largest absolute Gasteiger partial charge is 0.397 e. The van der Waals surface area contributed by atoms with Gasteiger partial charge >= 0.3 is 0 Å². The molecule has 0 atom stereocenters. The molecule has 0 fully saturated rings. The molecule has 0 aliphatic heterocycles. The molecule has 0 radical (unpaired) electrons. The Morgan fingerprint density at radius 1 is 1.33 bits per heavy atom. The Kier molecular flexibility index (Phi) is 4.98. The van der Waals surface area contributed by atoms with Crippen LogP contribution >= 0.6 is 0 Å². The minimum absolute atomic E-state index is 0.251. The van der Waals surface area contributed by atoms with Gasteiger partial charge in [-0.1, -0.05) is 13.3 Å². The van der Waals surface area contributed by atoms with Gasteiger partial charge in [0.25, 0.3) is 0 Å². The molecule has 0 saturated carbocycles. The van der Waals surface area contributed by atoms with E-state index < -0.39 is 10.0 Å². The summed E-state index contributed by atoms with van der Waals surface area (Å²) in [5.74, 6) is 0. The molecule has 1 aromatic carbocycles. The topological polar surface area (TPSA) is 75.4 Å². The lowest BCUT2D eigenvalue weighted by Gasteiger charge is -2.14. The second-order valence-electron chi connectivity index (χ2n) is 4.32. The zero-order chi connectivity index (χ0) is 13.8. The van der Waals surface area contributed by atoms with Crippen LogP contribution in [-0.2, 0) is 10.0 Å². The van der Waals surface area contributed by atoms with Crippen molar-refractivity contribution in [3.8, 4) is 0 Å². The molecule has 0 spiro atoms. The van der Waals surface area contributed by atoms with Crippen molar-refractivity contribution in [1.82, 2.24) is 4.31 Å². The summed E-state index contributed by atoms with van der Waals surface area (Å²) in [4.78, 5) is 0.251. The van der Waals surface area contributed by atoms with E-state index in [0.29, 0.717) is 11.4 Å². The number of rotatable bonds is 6. The number of benzene rings is 1. The number of sulfonamides is 1. The minimum atomic E-state index is -3.41. The van der Waals surface area contributed by atoms with E-state index in [9.17, 15) is 8.42 Å². The standard InChI is InChI=1S/C12H21N3O2S/c1-4-5-8-14-12-9-10(6-7-11(12)13)18(16,17)15(2)3/h6-7,9,14H,4-5,8,13H2,1-3H3. The Labute approximate surface area is 109 Å². The predicted octanol–water partition coefficient (Wildman–Crippen LogP) is 1.73. The highest BCUT2D eigenvalue weighted by Crippen LogP contribution is 2.24. The van der Waals surface area contributed by atoms with Crippen LogP contribution in [0.2, 0.25) is 0 Å². The highest BCUT2D eigenvalue weighted by Gasteiger charge is 2.18. The third-order valence-electron chi connectivity index (χ3n) is 2.65. The van der Waals surface area contributed by atoms with Gasteiger partial charge in [-0.3, -0.25) is 0 Å². The average Bonchev–Trinajstić information content (AvgIpc) is 2.31. The van der Waals surface area contributed by atoms with E-state index in [4.69, 9.17) is 5.73 Å². The maximum Gasteiger partial charge on any atom is 0.242 e. The molecule has 6 heteroatoms. The molecule has 0 bridgehead atoms. The summed E-state index contributed by atoms with van der Waals surface area (Å²) in [5.41, 5.74) is 7.05. The Bertz CT molecular complexity index is 498. The summed E-state index contributed by atoms with van der Waals surface area (Å²) >= 11 is 0. The Morgan fingerprint density at radius 2 is 2.00 bits per heavy atom. The van der Waals surface area contributed by atoms with Gasteiger partial charge in [-0.05, 0) is 24.6 Å². The Morgan fingerprint density at radius 3 is 2.56 bits per heavy atom. The first-order valence-corrected chi connectivity index (χ1v) is 7.39. The fraction of sp³-hybridized carbons (Fsp3) is 0.500. The van der Waals surface area contributed by atoms with Gasteiger partial charge in [-0.2, -0.15) is 0 Å². The fourth-order valence-corrected chi connectivity index (χ4v) is 2.39. The summed E-state index contributed by atoms with van der Waals surface area (Å²) in [6.45, 7) is 2.88. The molecule has 0 heterocycles. The summed E-state index contributed by atoms with van der Waals surface area (Å²) in [7, 11) is -0.389.